The minimum absolute atomic E-state index is 0. The molecule has 0 saturated heterocycles. The van der Waals surface area contributed by atoms with E-state index in [9.17, 15) is 4.79 Å². The second-order valence-electron chi connectivity index (χ2n) is 8.13. The molecule has 1 amide bonds. The van der Waals surface area contributed by atoms with E-state index in [0.717, 1.165) is 46.8 Å². The average molecular weight is 514 g/mol. The topological polar surface area (TPSA) is 63.5 Å². The molecule has 0 aliphatic heterocycles. The number of anilines is 1. The maximum absolute atomic E-state index is 13.9. The van der Waals surface area contributed by atoms with Gasteiger partial charge < -0.3 is 9.64 Å². The third-order valence-electron chi connectivity index (χ3n) is 6.16. The van der Waals surface area contributed by atoms with Gasteiger partial charge in [-0.2, -0.15) is 5.10 Å². The number of ether oxygens (including phenoxy) is 1. The predicted octanol–water partition coefficient (Wildman–Crippen LogP) is 5.52. The number of halogens is 1. The van der Waals surface area contributed by atoms with Gasteiger partial charge in [-0.25, -0.2) is 9.67 Å². The van der Waals surface area contributed by atoms with Crippen molar-refractivity contribution in [3.63, 3.8) is 0 Å². The van der Waals surface area contributed by atoms with Crippen LogP contribution in [0.15, 0.2) is 48.7 Å². The fraction of sp³-hybridized carbons (Fsp3) is 0.346. The molecular weight excluding hydrogens is 482 g/mol. The molecule has 9 heteroatoms. The number of thiazole rings is 1. The van der Waals surface area contributed by atoms with E-state index in [1.807, 2.05) is 49.4 Å². The molecule has 4 rings (SSSR count). The number of hydrogen-bond donors (Lipinski definition) is 0. The first-order valence-electron chi connectivity index (χ1n) is 11.6. The minimum atomic E-state index is -0.0949. The summed E-state index contributed by atoms with van der Waals surface area (Å²) in [6.07, 6.45) is 1.66. The fourth-order valence-corrected chi connectivity index (χ4v) is 5.11. The van der Waals surface area contributed by atoms with Gasteiger partial charge in [-0.3, -0.25) is 9.69 Å². The molecular formula is C26H32ClN5O2S. The van der Waals surface area contributed by atoms with E-state index in [1.165, 1.54) is 11.3 Å². The number of hydrogen-bond acceptors (Lipinski definition) is 6. The number of likely N-dealkylation sites (N-methyl/N-ethyl adjacent to an activating group) is 1. The van der Waals surface area contributed by atoms with Crippen molar-refractivity contribution in [3.8, 4) is 11.4 Å². The smallest absolute Gasteiger partial charge is 0.263 e. The number of carbonyl (C=O) groups excluding carboxylic acids is 1. The average Bonchev–Trinajstić information content (AvgIpc) is 3.47. The number of methoxy groups -OCH3 is 1. The normalized spacial score (nSPS) is 11.0. The zero-order chi connectivity index (χ0) is 24.2. The van der Waals surface area contributed by atoms with Gasteiger partial charge >= 0.3 is 0 Å². The van der Waals surface area contributed by atoms with Gasteiger partial charge in [0, 0.05) is 13.1 Å². The summed E-state index contributed by atoms with van der Waals surface area (Å²) in [6, 6.07) is 13.8. The van der Waals surface area contributed by atoms with Crippen LogP contribution in [0.5, 0.6) is 5.75 Å². The number of amides is 1. The molecule has 0 fully saturated rings. The Bertz CT molecular complexity index is 1280. The Morgan fingerprint density at radius 1 is 1.06 bits per heavy atom. The van der Waals surface area contributed by atoms with Crippen LogP contribution in [0.3, 0.4) is 0 Å². The van der Waals surface area contributed by atoms with Crippen LogP contribution in [-0.2, 0) is 0 Å². The number of aryl methyl sites for hydroxylation is 1. The lowest BCUT2D eigenvalue weighted by atomic mass is 10.2. The van der Waals surface area contributed by atoms with Crippen LogP contribution in [0.25, 0.3) is 15.9 Å². The van der Waals surface area contributed by atoms with E-state index in [4.69, 9.17) is 9.72 Å². The molecule has 186 valence electrons. The largest absolute Gasteiger partial charge is 0.494 e. The van der Waals surface area contributed by atoms with Gasteiger partial charge in [-0.1, -0.05) is 49.4 Å². The standard InChI is InChI=1S/C26H31N5O2S.ClH/c1-6-29(7-2)15-16-30(26-28-23-22(33-5)14-13-18(3)24(23)34-26)25(32)21-17-27-31(19(21)4)20-11-9-8-10-12-20;/h8-14,17H,6-7,15-16H2,1-5H3;1H. The molecule has 2 aromatic carbocycles. The second kappa shape index (κ2) is 11.7. The molecule has 0 N–H and O–H groups in total. The van der Waals surface area contributed by atoms with E-state index in [2.05, 4.69) is 30.8 Å². The molecule has 2 heterocycles. The number of rotatable bonds is 9. The van der Waals surface area contributed by atoms with Gasteiger partial charge in [-0.05, 0) is 50.7 Å². The van der Waals surface area contributed by atoms with Crippen LogP contribution < -0.4 is 9.64 Å². The first kappa shape index (κ1) is 26.7. The van der Waals surface area contributed by atoms with Crippen LogP contribution in [0, 0.1) is 13.8 Å². The van der Waals surface area contributed by atoms with Gasteiger partial charge in [-0.15, -0.1) is 12.4 Å². The fourth-order valence-electron chi connectivity index (χ4n) is 4.04. The third kappa shape index (κ3) is 5.34. The van der Waals surface area contributed by atoms with Gasteiger partial charge in [0.05, 0.1) is 35.0 Å². The van der Waals surface area contributed by atoms with Gasteiger partial charge in [0.15, 0.2) is 5.13 Å². The molecule has 35 heavy (non-hydrogen) atoms. The SMILES string of the molecule is CCN(CC)CCN(C(=O)c1cnn(-c2ccccc2)c1C)c1nc2c(OC)ccc(C)c2s1.Cl. The Kier molecular flexibility index (Phi) is 8.88. The highest BCUT2D eigenvalue weighted by atomic mass is 35.5. The molecule has 0 atom stereocenters. The van der Waals surface area contributed by atoms with E-state index >= 15 is 0 Å². The summed E-state index contributed by atoms with van der Waals surface area (Å²) in [5, 5.41) is 5.19. The summed E-state index contributed by atoms with van der Waals surface area (Å²) in [5.74, 6) is 0.620. The van der Waals surface area contributed by atoms with Crippen LogP contribution in [-0.4, -0.2) is 58.9 Å². The lowest BCUT2D eigenvalue weighted by Crippen LogP contribution is -2.39. The van der Waals surface area contributed by atoms with E-state index in [0.29, 0.717) is 23.0 Å². The van der Waals surface area contributed by atoms with Crippen molar-refractivity contribution in [2.24, 2.45) is 0 Å². The Morgan fingerprint density at radius 2 is 1.77 bits per heavy atom. The van der Waals surface area contributed by atoms with Crippen LogP contribution >= 0.6 is 23.7 Å². The minimum Gasteiger partial charge on any atom is -0.494 e. The van der Waals surface area contributed by atoms with Gasteiger partial charge in [0.1, 0.15) is 11.3 Å². The molecule has 0 aliphatic rings. The zero-order valence-corrected chi connectivity index (χ0v) is 22.4. The summed E-state index contributed by atoms with van der Waals surface area (Å²) in [7, 11) is 1.65. The summed E-state index contributed by atoms with van der Waals surface area (Å²) in [5.41, 5.74) is 4.21. The molecule has 0 spiro atoms. The van der Waals surface area contributed by atoms with Crippen molar-refractivity contribution in [3.05, 3.63) is 65.5 Å². The Labute approximate surface area is 216 Å². The van der Waals surface area contributed by atoms with E-state index < -0.39 is 0 Å². The molecule has 0 aliphatic carbocycles. The summed E-state index contributed by atoms with van der Waals surface area (Å²) in [6.45, 7) is 11.4. The highest BCUT2D eigenvalue weighted by Gasteiger charge is 2.26. The molecule has 0 unspecified atom stereocenters. The maximum atomic E-state index is 13.9. The summed E-state index contributed by atoms with van der Waals surface area (Å²) in [4.78, 5) is 22.9. The Hall–Kier alpha value is -2.94. The van der Waals surface area contributed by atoms with Crippen molar-refractivity contribution in [1.82, 2.24) is 19.7 Å². The quantitative estimate of drug-likeness (QED) is 0.295. The highest BCUT2D eigenvalue weighted by molar-refractivity contribution is 7.22. The molecule has 0 bridgehead atoms. The molecule has 0 radical (unpaired) electrons. The lowest BCUT2D eigenvalue weighted by molar-refractivity contribution is 0.0983. The van der Waals surface area contributed by atoms with Crippen LogP contribution in [0.4, 0.5) is 5.13 Å². The number of para-hydroxylation sites is 1. The number of fused-ring (bicyclic) bond motifs is 1. The van der Waals surface area contributed by atoms with Crippen molar-refractivity contribution >= 4 is 45.0 Å². The van der Waals surface area contributed by atoms with Crippen molar-refractivity contribution in [2.75, 3.05) is 38.2 Å². The maximum Gasteiger partial charge on any atom is 0.263 e. The summed E-state index contributed by atoms with van der Waals surface area (Å²) < 4.78 is 8.39. The van der Waals surface area contributed by atoms with Gasteiger partial charge in [0.2, 0.25) is 0 Å². The van der Waals surface area contributed by atoms with Crippen molar-refractivity contribution in [2.45, 2.75) is 27.7 Å². The number of carbonyl (C=O) groups is 1. The third-order valence-corrected chi connectivity index (χ3v) is 7.38. The second-order valence-corrected chi connectivity index (χ2v) is 9.11. The molecule has 0 saturated carbocycles. The van der Waals surface area contributed by atoms with Crippen LogP contribution in [0.2, 0.25) is 0 Å². The lowest BCUT2D eigenvalue weighted by Gasteiger charge is -2.24. The predicted molar refractivity (Wildman–Crippen MR) is 146 cm³/mol. The van der Waals surface area contributed by atoms with Crippen LogP contribution in [0.1, 0.15) is 35.5 Å². The first-order chi connectivity index (χ1) is 16.5. The highest BCUT2D eigenvalue weighted by Crippen LogP contribution is 2.37. The number of nitrogens with zero attached hydrogens (tertiary/aromatic N) is 5. The molecule has 4 aromatic rings. The number of benzene rings is 2. The first-order valence-corrected chi connectivity index (χ1v) is 12.4. The molecule has 7 nitrogen and oxygen atoms in total. The zero-order valence-electron chi connectivity index (χ0n) is 20.8. The van der Waals surface area contributed by atoms with Gasteiger partial charge in [0.25, 0.3) is 5.91 Å². The van der Waals surface area contributed by atoms with Crippen molar-refractivity contribution in [1.29, 1.82) is 0 Å². The Morgan fingerprint density at radius 3 is 2.43 bits per heavy atom. The Balaban J connectivity index is 0.00000342. The monoisotopic (exact) mass is 513 g/mol. The van der Waals surface area contributed by atoms with E-state index in [1.54, 1.807) is 22.9 Å². The summed E-state index contributed by atoms with van der Waals surface area (Å²) >= 11 is 1.53. The van der Waals surface area contributed by atoms with Crippen molar-refractivity contribution < 1.29 is 9.53 Å². The number of aromatic nitrogens is 3. The van der Waals surface area contributed by atoms with E-state index in [-0.39, 0.29) is 18.3 Å². The molecule has 2 aromatic heterocycles.